The van der Waals surface area contributed by atoms with E-state index in [0.717, 1.165) is 0 Å². The summed E-state index contributed by atoms with van der Waals surface area (Å²) in [6.45, 7) is 4.06. The molecule has 0 spiro atoms. The summed E-state index contributed by atoms with van der Waals surface area (Å²) in [5.74, 6) is -0.142. The Morgan fingerprint density at radius 2 is 1.79 bits per heavy atom. The van der Waals surface area contributed by atoms with Crippen molar-refractivity contribution in [3.05, 3.63) is 100 Å². The Kier molecular flexibility index (Phi) is 6.80. The van der Waals surface area contributed by atoms with Crippen LogP contribution in [0.25, 0.3) is 17.0 Å². The zero-order valence-electron chi connectivity index (χ0n) is 18.4. The van der Waals surface area contributed by atoms with E-state index < -0.39 is 11.8 Å². The van der Waals surface area contributed by atoms with Gasteiger partial charge in [-0.2, -0.15) is 0 Å². The Hall–Kier alpha value is -3.90. The minimum absolute atomic E-state index is 0.137. The van der Waals surface area contributed by atoms with E-state index in [0.29, 0.717) is 40.2 Å². The molecule has 4 rings (SSSR count). The van der Waals surface area contributed by atoms with Gasteiger partial charge in [-0.3, -0.25) is 4.79 Å². The topological polar surface area (TPSA) is 65.7 Å². The van der Waals surface area contributed by atoms with Crippen LogP contribution in [0.1, 0.15) is 39.0 Å². The predicted molar refractivity (Wildman–Crippen MR) is 128 cm³/mol. The Morgan fingerprint density at radius 1 is 1.06 bits per heavy atom. The van der Waals surface area contributed by atoms with Gasteiger partial charge in [-0.25, -0.2) is 9.18 Å². The summed E-state index contributed by atoms with van der Waals surface area (Å²) in [5.41, 5.74) is 1.34. The summed E-state index contributed by atoms with van der Waals surface area (Å²) < 4.78 is 30.6. The highest BCUT2D eigenvalue weighted by atomic mass is 35.5. The molecule has 0 radical (unpaired) electrons. The van der Waals surface area contributed by atoms with Crippen LogP contribution < -0.4 is 9.47 Å². The fourth-order valence-electron chi connectivity index (χ4n) is 3.48. The Balaban J connectivity index is 1.50. The number of allylic oxidation sites excluding steroid dienone is 1. The Morgan fingerprint density at radius 3 is 2.50 bits per heavy atom. The minimum Gasteiger partial charge on any atom is -0.494 e. The molecule has 1 aromatic heterocycles. The number of carbonyl (C=O) groups is 2. The molecular formula is C27H20ClFO5. The molecule has 0 atom stereocenters. The summed E-state index contributed by atoms with van der Waals surface area (Å²) in [6.07, 6.45) is 2.57. The van der Waals surface area contributed by atoms with Crippen molar-refractivity contribution in [2.45, 2.75) is 13.8 Å². The average molecular weight is 479 g/mol. The van der Waals surface area contributed by atoms with E-state index in [2.05, 4.69) is 0 Å². The lowest BCUT2D eigenvalue weighted by atomic mass is 10.1. The first-order valence-electron chi connectivity index (χ1n) is 10.5. The van der Waals surface area contributed by atoms with E-state index >= 15 is 0 Å². The summed E-state index contributed by atoms with van der Waals surface area (Å²) >= 11 is 5.98. The van der Waals surface area contributed by atoms with Crippen molar-refractivity contribution in [3.63, 3.8) is 0 Å². The van der Waals surface area contributed by atoms with Crippen molar-refractivity contribution in [1.29, 1.82) is 0 Å². The molecule has 172 valence electrons. The van der Waals surface area contributed by atoms with Crippen molar-refractivity contribution in [3.8, 4) is 11.5 Å². The van der Waals surface area contributed by atoms with E-state index in [-0.39, 0.29) is 22.1 Å². The fourth-order valence-corrected chi connectivity index (χ4v) is 3.71. The predicted octanol–water partition coefficient (Wildman–Crippen LogP) is 7.05. The first-order chi connectivity index (χ1) is 16.4. The third-order valence-electron chi connectivity index (χ3n) is 5.10. The van der Waals surface area contributed by atoms with Crippen molar-refractivity contribution in [2.24, 2.45) is 0 Å². The number of hydrogen-bond acceptors (Lipinski definition) is 5. The number of esters is 1. The van der Waals surface area contributed by atoms with E-state index in [1.54, 1.807) is 31.2 Å². The molecule has 0 N–H and O–H groups in total. The monoisotopic (exact) mass is 478 g/mol. The largest absolute Gasteiger partial charge is 0.494 e. The maximum atomic E-state index is 13.9. The zero-order valence-corrected chi connectivity index (χ0v) is 19.2. The van der Waals surface area contributed by atoms with Crippen molar-refractivity contribution < 1.29 is 27.9 Å². The second-order valence-corrected chi connectivity index (χ2v) is 7.78. The number of hydrogen-bond donors (Lipinski definition) is 0. The minimum atomic E-state index is -0.585. The molecule has 5 nitrogen and oxygen atoms in total. The maximum absolute atomic E-state index is 13.9. The van der Waals surface area contributed by atoms with Gasteiger partial charge in [0.1, 0.15) is 34.2 Å². The van der Waals surface area contributed by atoms with E-state index in [9.17, 15) is 14.0 Å². The maximum Gasteiger partial charge on any atom is 0.347 e. The van der Waals surface area contributed by atoms with Crippen molar-refractivity contribution in [1.82, 2.24) is 0 Å². The second kappa shape index (κ2) is 9.93. The van der Waals surface area contributed by atoms with Crippen molar-refractivity contribution >= 4 is 40.4 Å². The molecule has 34 heavy (non-hydrogen) atoms. The van der Waals surface area contributed by atoms with Crippen LogP contribution >= 0.6 is 11.6 Å². The molecule has 1 heterocycles. The van der Waals surface area contributed by atoms with Crippen molar-refractivity contribution in [2.75, 3.05) is 6.61 Å². The number of carbonyl (C=O) groups excluding carboxylic acids is 2. The van der Waals surface area contributed by atoms with Gasteiger partial charge in [-0.05, 0) is 80.6 Å². The molecule has 0 aliphatic heterocycles. The number of fused-ring (bicyclic) bond motifs is 1. The van der Waals surface area contributed by atoms with Crippen LogP contribution in [0.4, 0.5) is 4.39 Å². The van der Waals surface area contributed by atoms with Gasteiger partial charge in [0.15, 0.2) is 5.78 Å². The van der Waals surface area contributed by atoms with Gasteiger partial charge in [0.25, 0.3) is 0 Å². The van der Waals surface area contributed by atoms with E-state index in [1.807, 2.05) is 6.92 Å². The van der Waals surface area contributed by atoms with Gasteiger partial charge in [-0.1, -0.05) is 17.7 Å². The quantitative estimate of drug-likeness (QED) is 0.123. The third kappa shape index (κ3) is 4.87. The van der Waals surface area contributed by atoms with Gasteiger partial charge in [0.2, 0.25) is 0 Å². The molecule has 0 unspecified atom stereocenters. The molecule has 0 saturated carbocycles. The standard InChI is InChI=1S/C27H20ClFO5/c1-3-32-19-11-14-25-21(15-19)26(16(2)33-25)27(31)34-18-9-7-17(8-10-18)24(30)13-12-20-22(28)5-4-6-23(20)29/h4-15H,3H2,1-2H3/b13-12+. The Labute approximate surface area is 200 Å². The molecular weight excluding hydrogens is 459 g/mol. The van der Waals surface area contributed by atoms with Crippen LogP contribution in [0.3, 0.4) is 0 Å². The number of ether oxygens (including phenoxy) is 2. The molecule has 4 aromatic rings. The number of aryl methyl sites for hydroxylation is 1. The number of benzene rings is 3. The van der Waals surface area contributed by atoms with Crippen LogP contribution in [-0.2, 0) is 0 Å². The lowest BCUT2D eigenvalue weighted by Crippen LogP contribution is -2.09. The fraction of sp³-hybridized carbons (Fsp3) is 0.111. The number of rotatable bonds is 7. The first kappa shape index (κ1) is 23.3. The van der Waals surface area contributed by atoms with Crippen LogP contribution in [0.5, 0.6) is 11.5 Å². The smallest absolute Gasteiger partial charge is 0.347 e. The number of ketones is 1. The molecule has 0 amide bonds. The highest BCUT2D eigenvalue weighted by Gasteiger charge is 2.21. The van der Waals surface area contributed by atoms with Crippen LogP contribution in [0.2, 0.25) is 5.02 Å². The van der Waals surface area contributed by atoms with Gasteiger partial charge in [-0.15, -0.1) is 0 Å². The van der Waals surface area contributed by atoms with Gasteiger partial charge in [0.05, 0.1) is 11.6 Å². The second-order valence-electron chi connectivity index (χ2n) is 7.37. The van der Waals surface area contributed by atoms with E-state index in [1.165, 1.54) is 48.6 Å². The lowest BCUT2D eigenvalue weighted by molar-refractivity contribution is 0.0734. The molecule has 3 aromatic carbocycles. The molecule has 7 heteroatoms. The summed E-state index contributed by atoms with van der Waals surface area (Å²) in [4.78, 5) is 25.3. The SMILES string of the molecule is CCOc1ccc2oc(C)c(C(=O)Oc3ccc(C(=O)/C=C/c4c(F)cccc4Cl)cc3)c2c1. The molecule has 0 aliphatic carbocycles. The zero-order chi connectivity index (χ0) is 24.2. The third-order valence-corrected chi connectivity index (χ3v) is 5.43. The van der Waals surface area contributed by atoms with Crippen LogP contribution in [-0.4, -0.2) is 18.4 Å². The van der Waals surface area contributed by atoms with Gasteiger partial charge in [0, 0.05) is 16.5 Å². The molecule has 0 saturated heterocycles. The first-order valence-corrected chi connectivity index (χ1v) is 10.9. The molecule has 0 bridgehead atoms. The molecule has 0 aliphatic rings. The van der Waals surface area contributed by atoms with Crippen LogP contribution in [0.15, 0.2) is 71.2 Å². The molecule has 0 fully saturated rings. The van der Waals surface area contributed by atoms with Gasteiger partial charge < -0.3 is 13.9 Å². The lowest BCUT2D eigenvalue weighted by Gasteiger charge is -2.06. The summed E-state index contributed by atoms with van der Waals surface area (Å²) in [6, 6.07) is 15.6. The number of furan rings is 1. The summed E-state index contributed by atoms with van der Waals surface area (Å²) in [7, 11) is 0. The highest BCUT2D eigenvalue weighted by molar-refractivity contribution is 6.32. The average Bonchev–Trinajstić information content (AvgIpc) is 3.14. The normalized spacial score (nSPS) is 11.2. The van der Waals surface area contributed by atoms with E-state index in [4.69, 9.17) is 25.5 Å². The number of halogens is 2. The van der Waals surface area contributed by atoms with Gasteiger partial charge >= 0.3 is 5.97 Å². The van der Waals surface area contributed by atoms with Crippen LogP contribution in [0, 0.1) is 12.7 Å². The summed E-state index contributed by atoms with van der Waals surface area (Å²) in [5, 5.41) is 0.805. The highest BCUT2D eigenvalue weighted by Crippen LogP contribution is 2.30. The Bertz CT molecular complexity index is 1380.